The Kier molecular flexibility index (Phi) is 4.85. The van der Waals surface area contributed by atoms with Crippen LogP contribution in [0.25, 0.3) is 10.4 Å². The third-order valence-electron chi connectivity index (χ3n) is 2.79. The van der Waals surface area contributed by atoms with Gasteiger partial charge in [0.15, 0.2) is 0 Å². The first-order chi connectivity index (χ1) is 9.21. The fourth-order valence-electron chi connectivity index (χ4n) is 1.90. The molecule has 0 aliphatic carbocycles. The summed E-state index contributed by atoms with van der Waals surface area (Å²) in [6.07, 6.45) is 0. The zero-order valence-corrected chi connectivity index (χ0v) is 13.5. The van der Waals surface area contributed by atoms with E-state index in [1.807, 2.05) is 19.2 Å². The van der Waals surface area contributed by atoms with Gasteiger partial charge in [0.25, 0.3) is 0 Å². The molecule has 0 aliphatic heterocycles. The molecule has 19 heavy (non-hydrogen) atoms. The molecule has 2 aromatic rings. The highest BCUT2D eigenvalue weighted by molar-refractivity contribution is 9.10. The Morgan fingerprint density at radius 3 is 2.68 bits per heavy atom. The number of ether oxygens (including phenoxy) is 2. The lowest BCUT2D eigenvalue weighted by molar-refractivity contribution is 0.390. The van der Waals surface area contributed by atoms with Gasteiger partial charge in [-0.15, -0.1) is 11.3 Å². The van der Waals surface area contributed by atoms with Crippen LogP contribution in [0, 0.1) is 0 Å². The van der Waals surface area contributed by atoms with E-state index in [9.17, 15) is 0 Å². The van der Waals surface area contributed by atoms with E-state index in [-0.39, 0.29) is 0 Å². The molecule has 0 amide bonds. The fourth-order valence-corrected chi connectivity index (χ4v) is 3.51. The van der Waals surface area contributed by atoms with Crippen molar-refractivity contribution in [2.75, 3.05) is 21.3 Å². The average Bonchev–Trinajstić information content (AvgIpc) is 2.87. The molecular formula is C14H16BrNO2S. The largest absolute Gasteiger partial charge is 0.495 e. The molecule has 0 unspecified atom stereocenters. The Morgan fingerprint density at radius 2 is 2.05 bits per heavy atom. The number of nitrogens with one attached hydrogen (secondary N) is 1. The van der Waals surface area contributed by atoms with Gasteiger partial charge in [0.2, 0.25) is 0 Å². The first-order valence-electron chi connectivity index (χ1n) is 5.84. The van der Waals surface area contributed by atoms with Crippen LogP contribution in [0.1, 0.15) is 5.56 Å². The van der Waals surface area contributed by atoms with Crippen LogP contribution in [-0.4, -0.2) is 21.3 Å². The van der Waals surface area contributed by atoms with Gasteiger partial charge in [-0.3, -0.25) is 0 Å². The molecular weight excluding hydrogens is 326 g/mol. The van der Waals surface area contributed by atoms with Crippen LogP contribution in [0.5, 0.6) is 11.5 Å². The van der Waals surface area contributed by atoms with E-state index < -0.39 is 0 Å². The van der Waals surface area contributed by atoms with Gasteiger partial charge < -0.3 is 14.8 Å². The SMILES string of the molecule is CNCc1csc(-c2ccc(OC)c(Br)c2OC)c1. The van der Waals surface area contributed by atoms with Crippen LogP contribution in [0.15, 0.2) is 28.1 Å². The summed E-state index contributed by atoms with van der Waals surface area (Å²) in [5.41, 5.74) is 2.35. The van der Waals surface area contributed by atoms with E-state index in [4.69, 9.17) is 9.47 Å². The number of methoxy groups -OCH3 is 2. The number of thiophene rings is 1. The molecule has 1 N–H and O–H groups in total. The molecule has 5 heteroatoms. The summed E-state index contributed by atoms with van der Waals surface area (Å²) in [7, 11) is 5.27. The maximum Gasteiger partial charge on any atom is 0.145 e. The lowest BCUT2D eigenvalue weighted by atomic mass is 10.1. The monoisotopic (exact) mass is 341 g/mol. The van der Waals surface area contributed by atoms with Crippen LogP contribution in [0.2, 0.25) is 0 Å². The summed E-state index contributed by atoms with van der Waals surface area (Å²) in [6, 6.07) is 6.15. The maximum atomic E-state index is 5.51. The van der Waals surface area contributed by atoms with Crippen LogP contribution in [0.3, 0.4) is 0 Å². The molecule has 3 nitrogen and oxygen atoms in total. The van der Waals surface area contributed by atoms with Gasteiger partial charge in [-0.1, -0.05) is 0 Å². The van der Waals surface area contributed by atoms with Crippen LogP contribution in [0.4, 0.5) is 0 Å². The van der Waals surface area contributed by atoms with E-state index >= 15 is 0 Å². The van der Waals surface area contributed by atoms with Crippen molar-refractivity contribution in [3.8, 4) is 21.9 Å². The Balaban J connectivity index is 2.46. The zero-order valence-electron chi connectivity index (χ0n) is 11.1. The van der Waals surface area contributed by atoms with Gasteiger partial charge in [0, 0.05) is 17.0 Å². The number of halogens is 1. The van der Waals surface area contributed by atoms with Crippen molar-refractivity contribution in [2.24, 2.45) is 0 Å². The molecule has 0 saturated heterocycles. The highest BCUT2D eigenvalue weighted by Crippen LogP contribution is 2.43. The third-order valence-corrected chi connectivity index (χ3v) is 4.55. The van der Waals surface area contributed by atoms with Gasteiger partial charge in [-0.25, -0.2) is 0 Å². The number of benzene rings is 1. The third kappa shape index (κ3) is 2.94. The summed E-state index contributed by atoms with van der Waals surface area (Å²) in [4.78, 5) is 1.19. The number of rotatable bonds is 5. The standard InChI is InChI=1S/C14H16BrNO2S/c1-16-7-9-6-12(19-8-9)10-4-5-11(17-2)13(15)14(10)18-3/h4-6,8,16H,7H2,1-3H3. The van der Waals surface area contributed by atoms with Crippen LogP contribution >= 0.6 is 27.3 Å². The lowest BCUT2D eigenvalue weighted by Gasteiger charge is -2.12. The molecule has 2 rings (SSSR count). The Labute approximate surface area is 125 Å². The predicted molar refractivity (Wildman–Crippen MR) is 83.3 cm³/mol. The minimum atomic E-state index is 0.771. The van der Waals surface area contributed by atoms with E-state index in [2.05, 4.69) is 32.7 Å². The van der Waals surface area contributed by atoms with E-state index in [1.54, 1.807) is 25.6 Å². The Bertz CT molecular complexity index is 569. The Morgan fingerprint density at radius 1 is 1.26 bits per heavy atom. The molecule has 0 atom stereocenters. The van der Waals surface area contributed by atoms with Crippen molar-refractivity contribution in [2.45, 2.75) is 6.54 Å². The summed E-state index contributed by atoms with van der Waals surface area (Å²) in [5.74, 6) is 1.57. The summed E-state index contributed by atoms with van der Waals surface area (Å²) < 4.78 is 11.6. The van der Waals surface area contributed by atoms with Gasteiger partial charge >= 0.3 is 0 Å². The topological polar surface area (TPSA) is 30.5 Å². The van der Waals surface area contributed by atoms with Gasteiger partial charge in [-0.05, 0) is 52.1 Å². The van der Waals surface area contributed by atoms with Crippen LogP contribution < -0.4 is 14.8 Å². The van der Waals surface area contributed by atoms with Gasteiger partial charge in [0.1, 0.15) is 16.0 Å². The second-order valence-corrected chi connectivity index (χ2v) is 5.72. The van der Waals surface area contributed by atoms with Crippen LogP contribution in [-0.2, 0) is 6.54 Å². The first kappa shape index (κ1) is 14.4. The second-order valence-electron chi connectivity index (χ2n) is 4.01. The summed E-state index contributed by atoms with van der Waals surface area (Å²) in [5, 5.41) is 5.31. The van der Waals surface area contributed by atoms with Crippen molar-refractivity contribution in [3.05, 3.63) is 33.6 Å². The lowest BCUT2D eigenvalue weighted by Crippen LogP contribution is -2.03. The smallest absolute Gasteiger partial charge is 0.145 e. The van der Waals surface area contributed by atoms with E-state index in [0.717, 1.165) is 28.1 Å². The Hall–Kier alpha value is -1.04. The highest BCUT2D eigenvalue weighted by atomic mass is 79.9. The number of hydrogen-bond donors (Lipinski definition) is 1. The minimum Gasteiger partial charge on any atom is -0.495 e. The molecule has 1 heterocycles. The summed E-state index contributed by atoms with van der Waals surface area (Å²) in [6.45, 7) is 0.871. The van der Waals surface area contributed by atoms with Crippen molar-refractivity contribution < 1.29 is 9.47 Å². The molecule has 0 saturated carbocycles. The molecule has 1 aromatic heterocycles. The fraction of sp³-hybridized carbons (Fsp3) is 0.286. The van der Waals surface area contributed by atoms with Crippen molar-refractivity contribution in [1.29, 1.82) is 0 Å². The van der Waals surface area contributed by atoms with Crippen molar-refractivity contribution >= 4 is 27.3 Å². The normalized spacial score (nSPS) is 10.5. The molecule has 0 aliphatic rings. The van der Waals surface area contributed by atoms with E-state index in [1.165, 1.54) is 10.4 Å². The molecule has 0 radical (unpaired) electrons. The first-order valence-corrected chi connectivity index (χ1v) is 7.51. The molecule has 0 fully saturated rings. The minimum absolute atomic E-state index is 0.771. The van der Waals surface area contributed by atoms with Crippen molar-refractivity contribution in [3.63, 3.8) is 0 Å². The molecule has 0 bridgehead atoms. The highest BCUT2D eigenvalue weighted by Gasteiger charge is 2.15. The quantitative estimate of drug-likeness (QED) is 0.894. The molecule has 0 spiro atoms. The molecule has 102 valence electrons. The van der Waals surface area contributed by atoms with Crippen molar-refractivity contribution in [1.82, 2.24) is 5.32 Å². The zero-order chi connectivity index (χ0) is 13.8. The van der Waals surface area contributed by atoms with E-state index in [0.29, 0.717) is 0 Å². The second kappa shape index (κ2) is 6.41. The average molecular weight is 342 g/mol. The molecule has 1 aromatic carbocycles. The predicted octanol–water partition coefficient (Wildman–Crippen LogP) is 3.91. The van der Waals surface area contributed by atoms with Gasteiger partial charge in [-0.2, -0.15) is 0 Å². The summed E-state index contributed by atoms with van der Waals surface area (Å²) >= 11 is 5.24. The number of hydrogen-bond acceptors (Lipinski definition) is 4. The maximum absolute atomic E-state index is 5.51. The van der Waals surface area contributed by atoms with Gasteiger partial charge in [0.05, 0.1) is 14.2 Å².